The predicted molar refractivity (Wildman–Crippen MR) is 54.0 cm³/mol. The Bertz CT molecular complexity index is 469. The van der Waals surface area contributed by atoms with Crippen molar-refractivity contribution in [1.29, 1.82) is 0 Å². The zero-order chi connectivity index (χ0) is 11.5. The molecule has 0 saturated carbocycles. The fourth-order valence-electron chi connectivity index (χ4n) is 0.954. The number of hydrogen-bond acceptors (Lipinski definition) is 4. The second-order valence-corrected chi connectivity index (χ2v) is 4.67. The first-order valence-corrected chi connectivity index (χ1v) is 5.69. The SMILES string of the molecule is Cc1cnccc1NS(=O)(=O)CC(=O)O. The molecule has 1 heterocycles. The highest BCUT2D eigenvalue weighted by Gasteiger charge is 2.16. The van der Waals surface area contributed by atoms with Gasteiger partial charge in [-0.1, -0.05) is 0 Å². The minimum Gasteiger partial charge on any atom is -0.480 e. The van der Waals surface area contributed by atoms with Crippen LogP contribution >= 0.6 is 0 Å². The maximum atomic E-state index is 11.3. The Morgan fingerprint density at radius 3 is 2.80 bits per heavy atom. The average molecular weight is 230 g/mol. The largest absolute Gasteiger partial charge is 0.480 e. The number of rotatable bonds is 4. The highest BCUT2D eigenvalue weighted by molar-refractivity contribution is 7.93. The van der Waals surface area contributed by atoms with Gasteiger partial charge in [0.25, 0.3) is 0 Å². The lowest BCUT2D eigenvalue weighted by Crippen LogP contribution is -2.22. The average Bonchev–Trinajstić information content (AvgIpc) is 2.06. The summed E-state index contributed by atoms with van der Waals surface area (Å²) in [6.07, 6.45) is 2.91. The van der Waals surface area contributed by atoms with Crippen molar-refractivity contribution < 1.29 is 18.3 Å². The Labute approximate surface area is 87.0 Å². The third-order valence-corrected chi connectivity index (χ3v) is 2.76. The van der Waals surface area contributed by atoms with Gasteiger partial charge in [-0.2, -0.15) is 0 Å². The summed E-state index contributed by atoms with van der Waals surface area (Å²) in [6.45, 7) is 1.67. The van der Waals surface area contributed by atoms with Crippen LogP contribution in [0.25, 0.3) is 0 Å². The van der Waals surface area contributed by atoms with Crippen molar-refractivity contribution in [2.75, 3.05) is 10.5 Å². The van der Waals surface area contributed by atoms with Crippen LogP contribution < -0.4 is 4.72 Å². The van der Waals surface area contributed by atoms with E-state index >= 15 is 0 Å². The molecular formula is C8H10N2O4S. The number of carboxylic acids is 1. The fraction of sp³-hybridized carbons (Fsp3) is 0.250. The van der Waals surface area contributed by atoms with Crippen LogP contribution in [0.5, 0.6) is 0 Å². The summed E-state index contributed by atoms with van der Waals surface area (Å²) in [4.78, 5) is 14.0. The maximum absolute atomic E-state index is 11.3. The molecule has 7 heteroatoms. The lowest BCUT2D eigenvalue weighted by molar-refractivity contribution is -0.134. The van der Waals surface area contributed by atoms with Crippen molar-refractivity contribution >= 4 is 21.7 Å². The summed E-state index contributed by atoms with van der Waals surface area (Å²) in [5.41, 5.74) is 0.970. The molecule has 2 N–H and O–H groups in total. The van der Waals surface area contributed by atoms with Gasteiger partial charge < -0.3 is 5.11 Å². The van der Waals surface area contributed by atoms with Gasteiger partial charge >= 0.3 is 5.97 Å². The topological polar surface area (TPSA) is 96.4 Å². The summed E-state index contributed by atoms with van der Waals surface area (Å²) < 4.78 is 24.7. The molecule has 15 heavy (non-hydrogen) atoms. The van der Waals surface area contributed by atoms with E-state index in [2.05, 4.69) is 9.71 Å². The number of nitrogens with one attached hydrogen (secondary N) is 1. The maximum Gasteiger partial charge on any atom is 0.320 e. The molecule has 0 aromatic carbocycles. The van der Waals surface area contributed by atoms with E-state index < -0.39 is 21.7 Å². The van der Waals surface area contributed by atoms with Crippen LogP contribution in [0.4, 0.5) is 5.69 Å². The fourth-order valence-corrected chi connectivity index (χ4v) is 1.92. The quantitative estimate of drug-likeness (QED) is 0.771. The molecule has 0 aliphatic rings. The Morgan fingerprint density at radius 1 is 1.60 bits per heavy atom. The second kappa shape index (κ2) is 4.26. The van der Waals surface area contributed by atoms with E-state index in [1.165, 1.54) is 18.5 Å². The molecule has 0 aliphatic carbocycles. The Balaban J connectivity index is 2.87. The molecule has 1 rings (SSSR count). The third kappa shape index (κ3) is 3.55. The van der Waals surface area contributed by atoms with Crippen molar-refractivity contribution in [3.8, 4) is 0 Å². The second-order valence-electron chi connectivity index (χ2n) is 2.95. The van der Waals surface area contributed by atoms with Crippen molar-refractivity contribution in [2.24, 2.45) is 0 Å². The first-order chi connectivity index (χ1) is 6.91. The first kappa shape index (κ1) is 11.4. The number of anilines is 1. The summed E-state index contributed by atoms with van der Waals surface area (Å²) in [7, 11) is -3.83. The Kier molecular flexibility index (Phi) is 3.25. The summed E-state index contributed by atoms with van der Waals surface area (Å²) >= 11 is 0. The van der Waals surface area contributed by atoms with Gasteiger partial charge in [-0.3, -0.25) is 14.5 Å². The van der Waals surface area contributed by atoms with Gasteiger partial charge in [0.2, 0.25) is 10.0 Å². The highest BCUT2D eigenvalue weighted by Crippen LogP contribution is 2.13. The van der Waals surface area contributed by atoms with Crippen LogP contribution in [0.2, 0.25) is 0 Å². The molecule has 6 nitrogen and oxygen atoms in total. The van der Waals surface area contributed by atoms with Crippen molar-refractivity contribution in [2.45, 2.75) is 6.92 Å². The third-order valence-electron chi connectivity index (χ3n) is 1.60. The smallest absolute Gasteiger partial charge is 0.320 e. The molecule has 82 valence electrons. The number of aryl methyl sites for hydroxylation is 1. The monoisotopic (exact) mass is 230 g/mol. The molecule has 0 amide bonds. The lowest BCUT2D eigenvalue weighted by Gasteiger charge is -2.07. The lowest BCUT2D eigenvalue weighted by atomic mass is 10.3. The molecule has 0 bridgehead atoms. The number of nitrogens with zero attached hydrogens (tertiary/aromatic N) is 1. The number of carbonyl (C=O) groups is 1. The van der Waals surface area contributed by atoms with Crippen LogP contribution in [-0.4, -0.2) is 30.2 Å². The van der Waals surface area contributed by atoms with Crippen molar-refractivity contribution in [3.63, 3.8) is 0 Å². The summed E-state index contributed by atoms with van der Waals surface area (Å²) in [5, 5.41) is 8.36. The van der Waals surface area contributed by atoms with Crippen LogP contribution in [0.1, 0.15) is 5.56 Å². The standard InChI is InChI=1S/C8H10N2O4S/c1-6-4-9-3-2-7(6)10-15(13,14)5-8(11)12/h2-4H,5H2,1H3,(H,9,10)(H,11,12). The molecule has 0 atom stereocenters. The van der Waals surface area contributed by atoms with Gasteiger partial charge in [0.15, 0.2) is 5.75 Å². The van der Waals surface area contributed by atoms with Crippen LogP contribution in [0, 0.1) is 6.92 Å². The minimum atomic E-state index is -3.83. The number of hydrogen-bond donors (Lipinski definition) is 2. The van der Waals surface area contributed by atoms with Crippen molar-refractivity contribution in [1.82, 2.24) is 4.98 Å². The predicted octanol–water partition coefficient (Wildman–Crippen LogP) is 0.216. The number of carboxylic acid groups (broad SMARTS) is 1. The van der Waals surface area contributed by atoms with Crippen molar-refractivity contribution in [3.05, 3.63) is 24.0 Å². The van der Waals surface area contributed by atoms with Crippen LogP contribution in [-0.2, 0) is 14.8 Å². The number of pyridine rings is 1. The van der Waals surface area contributed by atoms with E-state index in [0.717, 1.165) is 0 Å². The van der Waals surface area contributed by atoms with Gasteiger partial charge in [-0.15, -0.1) is 0 Å². The zero-order valence-corrected chi connectivity index (χ0v) is 8.78. The molecule has 0 aliphatic heterocycles. The van der Waals surface area contributed by atoms with Crippen LogP contribution in [0.3, 0.4) is 0 Å². The molecule has 0 unspecified atom stereocenters. The highest BCUT2D eigenvalue weighted by atomic mass is 32.2. The summed E-state index contributed by atoms with van der Waals surface area (Å²) in [5.74, 6) is -2.34. The Morgan fingerprint density at radius 2 is 2.27 bits per heavy atom. The van der Waals surface area contributed by atoms with E-state index in [9.17, 15) is 13.2 Å². The Hall–Kier alpha value is -1.63. The minimum absolute atomic E-state index is 0.339. The number of aliphatic carboxylic acids is 1. The molecule has 0 saturated heterocycles. The molecule has 0 spiro atoms. The van der Waals surface area contributed by atoms with E-state index in [1.54, 1.807) is 6.92 Å². The van der Waals surface area contributed by atoms with E-state index in [4.69, 9.17) is 5.11 Å². The van der Waals surface area contributed by atoms with E-state index in [1.807, 2.05) is 0 Å². The number of aromatic nitrogens is 1. The first-order valence-electron chi connectivity index (χ1n) is 4.03. The normalized spacial score (nSPS) is 11.0. The van der Waals surface area contributed by atoms with E-state index in [0.29, 0.717) is 11.3 Å². The molecule has 1 aromatic heterocycles. The molecule has 0 fully saturated rings. The molecule has 1 aromatic rings. The van der Waals surface area contributed by atoms with Gasteiger partial charge in [0, 0.05) is 12.4 Å². The van der Waals surface area contributed by atoms with Gasteiger partial charge in [0.05, 0.1) is 5.69 Å². The van der Waals surface area contributed by atoms with Gasteiger partial charge in [-0.05, 0) is 18.6 Å². The summed E-state index contributed by atoms with van der Waals surface area (Å²) in [6, 6.07) is 1.47. The van der Waals surface area contributed by atoms with E-state index in [-0.39, 0.29) is 0 Å². The molecular weight excluding hydrogens is 220 g/mol. The van der Waals surface area contributed by atoms with Gasteiger partial charge in [-0.25, -0.2) is 8.42 Å². The van der Waals surface area contributed by atoms with Gasteiger partial charge in [0.1, 0.15) is 0 Å². The van der Waals surface area contributed by atoms with Crippen LogP contribution in [0.15, 0.2) is 18.5 Å². The number of sulfonamides is 1. The zero-order valence-electron chi connectivity index (χ0n) is 7.97. The molecule has 0 radical (unpaired) electrons.